The van der Waals surface area contributed by atoms with Gasteiger partial charge in [0.15, 0.2) is 6.04 Å². The number of nitrogens with one attached hydrogen (secondary N) is 1. The highest BCUT2D eigenvalue weighted by atomic mass is 35.5. The first-order valence-corrected chi connectivity index (χ1v) is 18.2. The number of phenolic OH excluding ortho intramolecular Hbond substituents is 1. The lowest BCUT2D eigenvalue weighted by Crippen LogP contribution is -2.32. The quantitative estimate of drug-likeness (QED) is 0.129. The standard InChI is InChI=1S/C46H36ClN3O4/c47-35-20-23-40(39(25-35)45(32-10-2-1-3-11-32)49-41(46(53)54)24-29-14-21-36(51)22-15-29)48-42(52)28-50-26-33-18-16-30-8-4-6-12-37(30)43(33)44-34(27-50)19-17-31-9-5-7-13-38(31)44/h1-23,25,41,51H,24,26-28H2,(H,48,52)(H,53,54)/t41-/m1/s1. The number of fused-ring (bicyclic) bond motifs is 7. The number of rotatable bonds is 9. The van der Waals surface area contributed by atoms with Crippen LogP contribution in [-0.2, 0) is 29.1 Å². The van der Waals surface area contributed by atoms with Crippen molar-refractivity contribution in [3.8, 4) is 16.9 Å². The molecule has 266 valence electrons. The van der Waals surface area contributed by atoms with Crippen LogP contribution in [0.1, 0.15) is 27.8 Å². The number of aromatic hydroxyl groups is 1. The molecule has 8 heteroatoms. The van der Waals surface area contributed by atoms with Crippen molar-refractivity contribution in [2.24, 2.45) is 4.99 Å². The summed E-state index contributed by atoms with van der Waals surface area (Å²) in [6.45, 7) is 1.24. The second kappa shape index (κ2) is 15.0. The molecule has 1 heterocycles. The number of hydrogen-bond acceptors (Lipinski definition) is 5. The van der Waals surface area contributed by atoms with Gasteiger partial charge in [0.1, 0.15) is 5.75 Å². The summed E-state index contributed by atoms with van der Waals surface area (Å²) in [5.41, 5.74) is 7.43. The lowest BCUT2D eigenvalue weighted by molar-refractivity contribution is -0.138. The predicted octanol–water partition coefficient (Wildman–Crippen LogP) is 9.51. The zero-order valence-electron chi connectivity index (χ0n) is 29.2. The van der Waals surface area contributed by atoms with Crippen LogP contribution in [0.5, 0.6) is 5.75 Å². The minimum atomic E-state index is -1.16. The van der Waals surface area contributed by atoms with E-state index in [2.05, 4.69) is 83.0 Å². The van der Waals surface area contributed by atoms with E-state index in [9.17, 15) is 19.8 Å². The summed E-state index contributed by atoms with van der Waals surface area (Å²) in [6.07, 6.45) is 0.0939. The Morgan fingerprint density at radius 3 is 1.93 bits per heavy atom. The van der Waals surface area contributed by atoms with Gasteiger partial charge in [-0.05, 0) is 79.7 Å². The van der Waals surface area contributed by atoms with E-state index >= 15 is 0 Å². The van der Waals surface area contributed by atoms with Crippen LogP contribution >= 0.6 is 11.6 Å². The number of aliphatic carboxylic acids is 1. The van der Waals surface area contributed by atoms with Crippen LogP contribution in [0.3, 0.4) is 0 Å². The summed E-state index contributed by atoms with van der Waals surface area (Å²) in [4.78, 5) is 33.7. The molecule has 0 fully saturated rings. The molecule has 0 radical (unpaired) electrons. The van der Waals surface area contributed by atoms with Crippen LogP contribution in [0.4, 0.5) is 5.69 Å². The minimum absolute atomic E-state index is 0.0917. The number of carbonyl (C=O) groups is 2. The topological polar surface area (TPSA) is 102 Å². The van der Waals surface area contributed by atoms with E-state index < -0.39 is 12.0 Å². The lowest BCUT2D eigenvalue weighted by Gasteiger charge is -2.22. The van der Waals surface area contributed by atoms with Gasteiger partial charge in [0, 0.05) is 35.7 Å². The van der Waals surface area contributed by atoms with E-state index in [-0.39, 0.29) is 24.6 Å². The maximum absolute atomic E-state index is 14.1. The van der Waals surface area contributed by atoms with Crippen LogP contribution in [0.15, 0.2) is 151 Å². The fourth-order valence-electron chi connectivity index (χ4n) is 7.45. The van der Waals surface area contributed by atoms with Crippen molar-refractivity contribution in [3.05, 3.63) is 178 Å². The Balaban J connectivity index is 1.14. The first-order valence-electron chi connectivity index (χ1n) is 17.8. The molecule has 1 atom stereocenters. The fraction of sp³-hybridized carbons (Fsp3) is 0.109. The van der Waals surface area contributed by atoms with Gasteiger partial charge in [-0.3, -0.25) is 14.7 Å². The Morgan fingerprint density at radius 2 is 1.31 bits per heavy atom. The van der Waals surface area contributed by atoms with Crippen molar-refractivity contribution in [2.75, 3.05) is 11.9 Å². The van der Waals surface area contributed by atoms with E-state index in [0.717, 1.165) is 11.1 Å². The largest absolute Gasteiger partial charge is 0.508 e. The molecule has 8 rings (SSSR count). The number of amides is 1. The number of halogens is 1. The molecule has 0 aromatic heterocycles. The first-order chi connectivity index (χ1) is 26.3. The van der Waals surface area contributed by atoms with Gasteiger partial charge in [0.25, 0.3) is 0 Å². The second-order valence-corrected chi connectivity index (χ2v) is 14.0. The molecular formula is C46H36ClN3O4. The smallest absolute Gasteiger partial charge is 0.328 e. The number of anilines is 1. The molecule has 1 aliphatic rings. The molecule has 1 amide bonds. The van der Waals surface area contributed by atoms with Gasteiger partial charge in [-0.25, -0.2) is 4.79 Å². The second-order valence-electron chi connectivity index (χ2n) is 13.6. The van der Waals surface area contributed by atoms with Crippen molar-refractivity contribution >= 4 is 56.4 Å². The average Bonchev–Trinajstić information content (AvgIpc) is 3.35. The number of hydrogen-bond donors (Lipinski definition) is 3. The zero-order valence-corrected chi connectivity index (χ0v) is 30.0. The van der Waals surface area contributed by atoms with Crippen molar-refractivity contribution in [3.63, 3.8) is 0 Å². The Kier molecular flexibility index (Phi) is 9.66. The molecule has 54 heavy (non-hydrogen) atoms. The molecule has 7 aromatic rings. The number of nitrogens with zero attached hydrogens (tertiary/aromatic N) is 2. The number of phenols is 1. The average molecular weight is 730 g/mol. The van der Waals surface area contributed by atoms with E-state index in [0.29, 0.717) is 46.2 Å². The van der Waals surface area contributed by atoms with Crippen molar-refractivity contribution in [1.29, 1.82) is 0 Å². The molecule has 0 unspecified atom stereocenters. The number of carbonyl (C=O) groups excluding carboxylic acids is 1. The summed E-state index contributed by atoms with van der Waals surface area (Å²) in [7, 11) is 0. The Hall–Kier alpha value is -6.28. The van der Waals surface area contributed by atoms with E-state index in [1.165, 1.54) is 44.8 Å². The fourth-order valence-corrected chi connectivity index (χ4v) is 7.62. The molecule has 0 spiro atoms. The molecule has 0 bridgehead atoms. The van der Waals surface area contributed by atoms with Crippen LogP contribution in [0, 0.1) is 0 Å². The summed E-state index contributed by atoms with van der Waals surface area (Å²) in [6, 6.07) is 45.2. The summed E-state index contributed by atoms with van der Waals surface area (Å²) < 4.78 is 0. The highest BCUT2D eigenvalue weighted by Gasteiger charge is 2.26. The number of benzene rings is 7. The Morgan fingerprint density at radius 1 is 0.722 bits per heavy atom. The summed E-state index contributed by atoms with van der Waals surface area (Å²) in [5.74, 6) is -1.24. The molecule has 0 saturated carbocycles. The molecule has 7 aromatic carbocycles. The van der Waals surface area contributed by atoms with E-state index in [1.54, 1.807) is 30.3 Å². The number of carboxylic acids is 1. The van der Waals surface area contributed by atoms with Gasteiger partial charge in [-0.15, -0.1) is 0 Å². The predicted molar refractivity (Wildman–Crippen MR) is 216 cm³/mol. The van der Waals surface area contributed by atoms with Crippen LogP contribution in [-0.4, -0.2) is 45.3 Å². The van der Waals surface area contributed by atoms with E-state index in [1.807, 2.05) is 30.3 Å². The summed E-state index contributed by atoms with van der Waals surface area (Å²) in [5, 5.41) is 28.3. The third-order valence-corrected chi connectivity index (χ3v) is 10.2. The zero-order chi connectivity index (χ0) is 37.2. The highest BCUT2D eigenvalue weighted by molar-refractivity contribution is 6.31. The lowest BCUT2D eigenvalue weighted by atomic mass is 9.88. The third-order valence-electron chi connectivity index (χ3n) is 9.93. The van der Waals surface area contributed by atoms with Gasteiger partial charge >= 0.3 is 5.97 Å². The van der Waals surface area contributed by atoms with Crippen molar-refractivity contribution < 1.29 is 19.8 Å². The molecule has 7 nitrogen and oxygen atoms in total. The van der Waals surface area contributed by atoms with E-state index in [4.69, 9.17) is 16.6 Å². The summed E-state index contributed by atoms with van der Waals surface area (Å²) >= 11 is 6.57. The Labute approximate surface area is 317 Å². The van der Waals surface area contributed by atoms with Gasteiger partial charge < -0.3 is 15.5 Å². The van der Waals surface area contributed by atoms with Crippen LogP contribution in [0.2, 0.25) is 5.02 Å². The van der Waals surface area contributed by atoms with Crippen molar-refractivity contribution in [1.82, 2.24) is 4.90 Å². The normalized spacial score (nSPS) is 13.5. The molecular weight excluding hydrogens is 694 g/mol. The Bertz CT molecular complexity index is 2480. The molecule has 0 aliphatic carbocycles. The maximum atomic E-state index is 14.1. The monoisotopic (exact) mass is 729 g/mol. The van der Waals surface area contributed by atoms with Crippen LogP contribution < -0.4 is 5.32 Å². The first kappa shape index (κ1) is 34.8. The minimum Gasteiger partial charge on any atom is -0.508 e. The molecule has 1 aliphatic heterocycles. The van der Waals surface area contributed by atoms with Gasteiger partial charge in [-0.2, -0.15) is 0 Å². The van der Waals surface area contributed by atoms with Crippen molar-refractivity contribution in [2.45, 2.75) is 25.6 Å². The van der Waals surface area contributed by atoms with Crippen LogP contribution in [0.25, 0.3) is 32.7 Å². The highest BCUT2D eigenvalue weighted by Crippen LogP contribution is 2.42. The third kappa shape index (κ3) is 7.20. The molecule has 3 N–H and O–H groups in total. The number of carboxylic acid groups (broad SMARTS) is 1. The SMILES string of the molecule is O=C(CN1Cc2ccc3ccccc3c2-c2c(ccc3ccccc23)C1)Nc1ccc(Cl)cc1C(=N[C@H](Cc1ccc(O)cc1)C(=O)O)c1ccccc1. The van der Waals surface area contributed by atoms with Gasteiger partial charge in [0.2, 0.25) is 5.91 Å². The maximum Gasteiger partial charge on any atom is 0.328 e. The molecule has 0 saturated heterocycles. The van der Waals surface area contributed by atoms with Gasteiger partial charge in [-0.1, -0.05) is 127 Å². The van der Waals surface area contributed by atoms with Gasteiger partial charge in [0.05, 0.1) is 17.9 Å². The number of aliphatic imine (C=N–C) groups is 1.